The fraction of sp³-hybridized carbons (Fsp3) is 0.692. The number of aliphatic hydroxyl groups excluding tert-OH is 1. The summed E-state index contributed by atoms with van der Waals surface area (Å²) in [7, 11) is 0. The number of aliphatic hydroxyl groups is 1. The van der Waals surface area contributed by atoms with Gasteiger partial charge in [0.15, 0.2) is 0 Å². The molecule has 5 heteroatoms. The van der Waals surface area contributed by atoms with Gasteiger partial charge in [-0.05, 0) is 25.8 Å². The van der Waals surface area contributed by atoms with E-state index < -0.39 is 0 Å². The Kier molecular flexibility index (Phi) is 5.85. The minimum atomic E-state index is -0.327. The van der Waals surface area contributed by atoms with Gasteiger partial charge in [0.25, 0.3) is 0 Å². The van der Waals surface area contributed by atoms with Gasteiger partial charge in [0.2, 0.25) is 5.91 Å². The smallest absolute Gasteiger partial charge is 0.247 e. The average Bonchev–Trinajstić information content (AvgIpc) is 2.91. The lowest BCUT2D eigenvalue weighted by Crippen LogP contribution is -2.44. The summed E-state index contributed by atoms with van der Waals surface area (Å²) in [6, 6.07) is 1.66. The van der Waals surface area contributed by atoms with Crippen molar-refractivity contribution in [3.05, 3.63) is 18.5 Å². The topological polar surface area (TPSA) is 58.4 Å². The van der Waals surface area contributed by atoms with Crippen molar-refractivity contribution >= 4 is 5.91 Å². The third-order valence-electron chi connectivity index (χ3n) is 3.29. The number of nitrogens with zero attached hydrogens (tertiary/aromatic N) is 3. The van der Waals surface area contributed by atoms with E-state index in [1.54, 1.807) is 28.0 Å². The highest BCUT2D eigenvalue weighted by molar-refractivity contribution is 5.80. The lowest BCUT2D eigenvalue weighted by Gasteiger charge is -2.32. The van der Waals surface area contributed by atoms with E-state index in [2.05, 4.69) is 18.9 Å². The first-order chi connectivity index (χ1) is 8.65. The van der Waals surface area contributed by atoms with Gasteiger partial charge in [0.05, 0.1) is 6.61 Å². The van der Waals surface area contributed by atoms with Gasteiger partial charge in [-0.15, -0.1) is 0 Å². The molecule has 0 bridgehead atoms. The highest BCUT2D eigenvalue weighted by atomic mass is 16.3. The van der Waals surface area contributed by atoms with Gasteiger partial charge >= 0.3 is 0 Å². The molecule has 0 saturated carbocycles. The molecule has 0 fully saturated rings. The number of rotatable bonds is 7. The average molecular weight is 253 g/mol. The molecule has 0 saturated heterocycles. The zero-order valence-corrected chi connectivity index (χ0v) is 11.4. The minimum absolute atomic E-state index is 0.00589. The Balaban J connectivity index is 2.81. The maximum Gasteiger partial charge on any atom is 0.247 e. The molecule has 1 N–H and O–H groups in total. The largest absolute Gasteiger partial charge is 0.395 e. The van der Waals surface area contributed by atoms with Crippen LogP contribution in [0, 0.1) is 0 Å². The van der Waals surface area contributed by atoms with Crippen molar-refractivity contribution in [2.24, 2.45) is 0 Å². The molecule has 102 valence electrons. The van der Waals surface area contributed by atoms with E-state index in [9.17, 15) is 4.79 Å². The van der Waals surface area contributed by atoms with Crippen molar-refractivity contribution in [1.29, 1.82) is 0 Å². The van der Waals surface area contributed by atoms with Gasteiger partial charge in [-0.25, -0.2) is 0 Å². The quantitative estimate of drug-likeness (QED) is 0.800. The maximum atomic E-state index is 12.4. The molecule has 18 heavy (non-hydrogen) atoms. The first-order valence-corrected chi connectivity index (χ1v) is 6.56. The number of amides is 1. The molecule has 0 aliphatic rings. The summed E-state index contributed by atoms with van der Waals surface area (Å²) in [6.07, 6.45) is 5.24. The van der Waals surface area contributed by atoms with Crippen LogP contribution in [-0.4, -0.2) is 44.9 Å². The third kappa shape index (κ3) is 3.32. The fourth-order valence-electron chi connectivity index (χ4n) is 2.17. The zero-order valence-electron chi connectivity index (χ0n) is 11.4. The zero-order chi connectivity index (χ0) is 13.5. The lowest BCUT2D eigenvalue weighted by molar-refractivity contribution is -0.137. The molecule has 1 aromatic rings. The summed E-state index contributed by atoms with van der Waals surface area (Å²) in [4.78, 5) is 14.2. The van der Waals surface area contributed by atoms with Gasteiger partial charge in [-0.2, -0.15) is 5.10 Å². The molecule has 1 rings (SSSR count). The first kappa shape index (κ1) is 14.7. The minimum Gasteiger partial charge on any atom is -0.395 e. The van der Waals surface area contributed by atoms with E-state index >= 15 is 0 Å². The van der Waals surface area contributed by atoms with Gasteiger partial charge in [0, 0.05) is 25.0 Å². The molecule has 0 aliphatic carbocycles. The van der Waals surface area contributed by atoms with E-state index in [0.29, 0.717) is 6.54 Å². The van der Waals surface area contributed by atoms with Crippen molar-refractivity contribution in [3.8, 4) is 0 Å². The monoisotopic (exact) mass is 253 g/mol. The van der Waals surface area contributed by atoms with Crippen LogP contribution in [0.1, 0.15) is 39.7 Å². The van der Waals surface area contributed by atoms with Crippen LogP contribution in [0.5, 0.6) is 0 Å². The molecule has 1 atom stereocenters. The predicted octanol–water partition coefficient (Wildman–Crippen LogP) is 1.45. The molecule has 1 unspecified atom stereocenters. The van der Waals surface area contributed by atoms with Gasteiger partial charge in [0.1, 0.15) is 6.04 Å². The Bertz CT molecular complexity index is 347. The number of carbonyl (C=O) groups excluding carboxylic acids is 1. The Hall–Kier alpha value is -1.36. The van der Waals surface area contributed by atoms with Crippen molar-refractivity contribution in [2.75, 3.05) is 13.2 Å². The Morgan fingerprint density at radius 1 is 1.44 bits per heavy atom. The van der Waals surface area contributed by atoms with Crippen LogP contribution in [0.3, 0.4) is 0 Å². The molecule has 5 nitrogen and oxygen atoms in total. The van der Waals surface area contributed by atoms with Crippen molar-refractivity contribution in [2.45, 2.75) is 45.7 Å². The van der Waals surface area contributed by atoms with Gasteiger partial charge in [-0.1, -0.05) is 13.8 Å². The molecule has 0 radical (unpaired) electrons. The van der Waals surface area contributed by atoms with E-state index in [-0.39, 0.29) is 24.6 Å². The van der Waals surface area contributed by atoms with Gasteiger partial charge in [-0.3, -0.25) is 9.48 Å². The summed E-state index contributed by atoms with van der Waals surface area (Å²) in [5.74, 6) is 0.0152. The number of hydrogen-bond donors (Lipinski definition) is 1. The van der Waals surface area contributed by atoms with Gasteiger partial charge < -0.3 is 10.0 Å². The number of carbonyl (C=O) groups is 1. The molecule has 0 aromatic carbocycles. The SMILES string of the molecule is CCC(CC)N(CCO)C(=O)C(C)n1cccn1. The summed E-state index contributed by atoms with van der Waals surface area (Å²) in [5.41, 5.74) is 0. The molecule has 0 aliphatic heterocycles. The first-order valence-electron chi connectivity index (χ1n) is 6.56. The van der Waals surface area contributed by atoms with Crippen LogP contribution in [-0.2, 0) is 4.79 Å². The van der Waals surface area contributed by atoms with E-state index in [4.69, 9.17) is 5.11 Å². The maximum absolute atomic E-state index is 12.4. The Labute approximate surface area is 108 Å². The van der Waals surface area contributed by atoms with Crippen LogP contribution < -0.4 is 0 Å². The van der Waals surface area contributed by atoms with E-state index in [1.807, 2.05) is 6.92 Å². The molecule has 1 aromatic heterocycles. The predicted molar refractivity (Wildman–Crippen MR) is 70.1 cm³/mol. The van der Waals surface area contributed by atoms with Crippen molar-refractivity contribution in [3.63, 3.8) is 0 Å². The lowest BCUT2D eigenvalue weighted by atomic mass is 10.1. The Morgan fingerprint density at radius 2 is 2.11 bits per heavy atom. The highest BCUT2D eigenvalue weighted by Gasteiger charge is 2.26. The Morgan fingerprint density at radius 3 is 2.56 bits per heavy atom. The molecular formula is C13H23N3O2. The van der Waals surface area contributed by atoms with Crippen LogP contribution in [0.25, 0.3) is 0 Å². The second-order valence-corrected chi connectivity index (χ2v) is 4.39. The summed E-state index contributed by atoms with van der Waals surface area (Å²) >= 11 is 0. The standard InChI is InChI=1S/C13H23N3O2/c1-4-12(5-2)15(9-10-17)13(18)11(3)16-8-6-7-14-16/h6-8,11-12,17H,4-5,9-10H2,1-3H3. The van der Waals surface area contributed by atoms with Crippen molar-refractivity contribution < 1.29 is 9.90 Å². The normalized spacial score (nSPS) is 12.7. The number of aromatic nitrogens is 2. The van der Waals surface area contributed by atoms with Crippen LogP contribution in [0.15, 0.2) is 18.5 Å². The second kappa shape index (κ2) is 7.16. The summed E-state index contributed by atoms with van der Waals surface area (Å²) in [5, 5.41) is 13.2. The van der Waals surface area contributed by atoms with Crippen LogP contribution in [0.2, 0.25) is 0 Å². The second-order valence-electron chi connectivity index (χ2n) is 4.39. The molecule has 1 amide bonds. The molecule has 1 heterocycles. The molecule has 0 spiro atoms. The van der Waals surface area contributed by atoms with Crippen LogP contribution >= 0.6 is 0 Å². The third-order valence-corrected chi connectivity index (χ3v) is 3.29. The van der Waals surface area contributed by atoms with Crippen LogP contribution in [0.4, 0.5) is 0 Å². The summed E-state index contributed by atoms with van der Waals surface area (Å²) < 4.78 is 1.65. The fourth-order valence-corrected chi connectivity index (χ4v) is 2.17. The van der Waals surface area contributed by atoms with E-state index in [1.165, 1.54) is 0 Å². The molecular weight excluding hydrogens is 230 g/mol. The highest BCUT2D eigenvalue weighted by Crippen LogP contribution is 2.15. The summed E-state index contributed by atoms with van der Waals surface area (Å²) in [6.45, 7) is 6.34. The number of hydrogen-bond acceptors (Lipinski definition) is 3. The van der Waals surface area contributed by atoms with E-state index in [0.717, 1.165) is 12.8 Å². The van der Waals surface area contributed by atoms with Crippen molar-refractivity contribution in [1.82, 2.24) is 14.7 Å².